The highest BCUT2D eigenvalue weighted by molar-refractivity contribution is 8.00. The van der Waals surface area contributed by atoms with Gasteiger partial charge in [-0.15, -0.1) is 11.8 Å². The quantitative estimate of drug-likeness (QED) is 0.0292. The molecule has 1 aliphatic heterocycles. The first-order valence-corrected chi connectivity index (χ1v) is 26.6. The maximum atomic E-state index is 12.3. The van der Waals surface area contributed by atoms with E-state index < -0.39 is 30.7 Å². The Morgan fingerprint density at radius 2 is 0.953 bits per heavy atom. The summed E-state index contributed by atoms with van der Waals surface area (Å²) in [6.07, 6.45) is 41.3. The molecule has 6 atom stereocenters. The van der Waals surface area contributed by atoms with E-state index in [1.165, 1.54) is 51.0 Å². The number of phosphoric acid groups is 1. The summed E-state index contributed by atoms with van der Waals surface area (Å²) < 4.78 is 22.4. The summed E-state index contributed by atoms with van der Waals surface area (Å²) in [5.74, 6) is 0.584. The van der Waals surface area contributed by atoms with Crippen molar-refractivity contribution >= 4 is 19.6 Å². The van der Waals surface area contributed by atoms with E-state index in [2.05, 4.69) is 130 Å². The standard InChI is InChI=1S/C55H91O7PS/c1-42(2)23-17-26-45(5)33-22-36-50(10)40-51(11)39-49(9)35-21-32-44(4)25-16-14-12-13-15-24-43(3)27-18-28-46(6)29-19-30-47(7)31-20-34-48(8)37-38-61-63(59,60)62-55-54(58)53(57)52(41-56)64-55/h12-13,23,25,27,29,31,33,35,37,40,51-58H,14-22,24,26,28,30,32,34,36,38-39,41H2,1-11H3,(H,59,60)/b13-12+,43-27+,44-25+,45-33+,46-29+,47-31+,48-37+,49-35+,50-40+/t51?,52-,53-,54+,55-/m1/s1. The lowest BCUT2D eigenvalue weighted by Gasteiger charge is -2.19. The Labute approximate surface area is 396 Å². The lowest BCUT2D eigenvalue weighted by atomic mass is 9.97. The third-order valence-corrected chi connectivity index (χ3v) is 14.1. The van der Waals surface area contributed by atoms with Crippen LogP contribution in [0.5, 0.6) is 0 Å². The fourth-order valence-corrected chi connectivity index (χ4v) is 9.82. The number of phosphoric ester groups is 1. The molecule has 1 fully saturated rings. The molecule has 7 nitrogen and oxygen atoms in total. The predicted molar refractivity (Wildman–Crippen MR) is 277 cm³/mol. The van der Waals surface area contributed by atoms with Crippen molar-refractivity contribution in [2.75, 3.05) is 13.2 Å². The van der Waals surface area contributed by atoms with Gasteiger partial charge in [0.15, 0.2) is 0 Å². The van der Waals surface area contributed by atoms with E-state index in [4.69, 9.17) is 9.05 Å². The van der Waals surface area contributed by atoms with Crippen LogP contribution >= 0.6 is 19.6 Å². The number of aliphatic hydroxyl groups excluding tert-OH is 3. The molecule has 4 N–H and O–H groups in total. The second kappa shape index (κ2) is 35.0. The van der Waals surface area contributed by atoms with Gasteiger partial charge < -0.3 is 20.2 Å². The molecule has 64 heavy (non-hydrogen) atoms. The minimum Gasteiger partial charge on any atom is -0.395 e. The van der Waals surface area contributed by atoms with E-state index in [0.717, 1.165) is 120 Å². The van der Waals surface area contributed by atoms with E-state index in [-0.39, 0.29) is 13.2 Å². The Morgan fingerprint density at radius 1 is 0.547 bits per heavy atom. The first kappa shape index (κ1) is 59.8. The lowest BCUT2D eigenvalue weighted by Crippen LogP contribution is -2.34. The fraction of sp³-hybridized carbons (Fsp3) is 0.636. The number of unbranched alkanes of at least 4 members (excludes halogenated alkanes) is 1. The number of rotatable bonds is 33. The molecule has 1 rings (SSSR count). The van der Waals surface area contributed by atoms with Gasteiger partial charge in [0.05, 0.1) is 24.6 Å². The molecular formula is C55H91O7PS. The molecule has 0 saturated carbocycles. The molecule has 0 spiro atoms. The van der Waals surface area contributed by atoms with Gasteiger partial charge in [0.1, 0.15) is 11.5 Å². The molecule has 0 bridgehead atoms. The first-order valence-electron chi connectivity index (χ1n) is 24.1. The van der Waals surface area contributed by atoms with E-state index in [1.807, 2.05) is 6.92 Å². The Kier molecular flexibility index (Phi) is 32.6. The largest absolute Gasteiger partial charge is 0.473 e. The molecule has 0 aromatic heterocycles. The van der Waals surface area contributed by atoms with E-state index >= 15 is 0 Å². The van der Waals surface area contributed by atoms with Crippen LogP contribution in [-0.2, 0) is 13.6 Å². The minimum atomic E-state index is -4.44. The van der Waals surface area contributed by atoms with Crippen molar-refractivity contribution in [2.45, 2.75) is 208 Å². The average Bonchev–Trinajstić information content (AvgIpc) is 3.47. The van der Waals surface area contributed by atoms with Crippen molar-refractivity contribution in [1.82, 2.24) is 0 Å². The molecule has 1 saturated heterocycles. The molecule has 9 heteroatoms. The third-order valence-electron chi connectivity index (χ3n) is 11.6. The van der Waals surface area contributed by atoms with Crippen LogP contribution in [0.15, 0.2) is 117 Å². The van der Waals surface area contributed by atoms with E-state index in [0.29, 0.717) is 5.92 Å². The topological polar surface area (TPSA) is 116 Å². The summed E-state index contributed by atoms with van der Waals surface area (Å²) in [7, 11) is -4.44. The van der Waals surface area contributed by atoms with Crippen molar-refractivity contribution in [3.63, 3.8) is 0 Å². The Morgan fingerprint density at radius 3 is 1.42 bits per heavy atom. The number of hydrogen-bond acceptors (Lipinski definition) is 7. The molecule has 0 aromatic rings. The Hall–Kier alpha value is -2.26. The maximum absolute atomic E-state index is 12.3. The summed E-state index contributed by atoms with van der Waals surface area (Å²) in [5, 5.41) is 28.5. The Balaban J connectivity index is 2.23. The minimum absolute atomic E-state index is 0.107. The maximum Gasteiger partial charge on any atom is 0.473 e. The zero-order chi connectivity index (χ0) is 47.9. The zero-order valence-corrected chi connectivity index (χ0v) is 43.8. The highest BCUT2D eigenvalue weighted by atomic mass is 32.2. The molecule has 2 unspecified atom stereocenters. The van der Waals surface area contributed by atoms with Crippen LogP contribution in [0.3, 0.4) is 0 Å². The number of allylic oxidation sites excluding steroid dienone is 19. The molecule has 0 amide bonds. The normalized spacial score (nSPS) is 21.5. The summed E-state index contributed by atoms with van der Waals surface area (Å²) in [4.78, 5) is 10.0. The molecule has 1 heterocycles. The summed E-state index contributed by atoms with van der Waals surface area (Å²) >= 11 is 0.910. The van der Waals surface area contributed by atoms with Crippen molar-refractivity contribution in [3.05, 3.63) is 117 Å². The van der Waals surface area contributed by atoms with Crippen LogP contribution in [0, 0.1) is 5.92 Å². The van der Waals surface area contributed by atoms with Gasteiger partial charge >= 0.3 is 7.82 Å². The average molecular weight is 927 g/mol. The highest BCUT2D eigenvalue weighted by Gasteiger charge is 2.45. The van der Waals surface area contributed by atoms with Crippen LogP contribution in [0.4, 0.5) is 0 Å². The summed E-state index contributed by atoms with van der Waals surface area (Å²) in [6, 6.07) is 0. The van der Waals surface area contributed by atoms with Crippen molar-refractivity contribution in [1.29, 1.82) is 0 Å². The second-order valence-corrected chi connectivity index (χ2v) is 21.5. The van der Waals surface area contributed by atoms with Crippen LogP contribution in [-0.4, -0.2) is 56.3 Å². The van der Waals surface area contributed by atoms with Gasteiger partial charge in [-0.2, -0.15) is 0 Å². The second-order valence-electron chi connectivity index (χ2n) is 18.7. The van der Waals surface area contributed by atoms with Gasteiger partial charge in [-0.3, -0.25) is 9.05 Å². The van der Waals surface area contributed by atoms with Gasteiger partial charge in [0.25, 0.3) is 0 Å². The third kappa shape index (κ3) is 30.9. The monoisotopic (exact) mass is 927 g/mol. The number of hydrogen-bond donors (Lipinski definition) is 4. The van der Waals surface area contributed by atoms with Gasteiger partial charge in [-0.25, -0.2) is 4.57 Å². The van der Waals surface area contributed by atoms with Crippen LogP contribution in [0.25, 0.3) is 0 Å². The SMILES string of the molecule is CC(C)=CCC/C(C)=C/CC/C(C)=C/C(C)C/C(C)=C/CC/C(C)=C/CC/C=C/CC/C(C)=C/CC/C(C)=C/CC/C(C)=C/CC/C(C)=C/COP(=O)(O)O[C@@H]1S[C@H](CO)[C@@H](O)[C@@H]1O. The first-order chi connectivity index (χ1) is 30.3. The summed E-state index contributed by atoms with van der Waals surface area (Å²) in [6.45, 7) is 23.9. The van der Waals surface area contributed by atoms with Crippen LogP contribution < -0.4 is 0 Å². The molecule has 1 aliphatic rings. The highest BCUT2D eigenvalue weighted by Crippen LogP contribution is 2.50. The van der Waals surface area contributed by atoms with Crippen molar-refractivity contribution < 1.29 is 33.8 Å². The van der Waals surface area contributed by atoms with Crippen LogP contribution in [0.1, 0.15) is 185 Å². The number of aliphatic hydroxyl groups is 3. The van der Waals surface area contributed by atoms with Gasteiger partial charge in [0, 0.05) is 0 Å². The zero-order valence-electron chi connectivity index (χ0n) is 42.0. The Bertz CT molecular complexity index is 1700. The number of thioether (sulfide) groups is 1. The van der Waals surface area contributed by atoms with Gasteiger partial charge in [-0.05, 0) is 184 Å². The lowest BCUT2D eigenvalue weighted by molar-refractivity contribution is -0.0195. The van der Waals surface area contributed by atoms with Gasteiger partial charge in [-0.1, -0.05) is 124 Å². The predicted octanol–water partition coefficient (Wildman–Crippen LogP) is 15.6. The fourth-order valence-electron chi connectivity index (χ4n) is 7.51. The smallest absolute Gasteiger partial charge is 0.395 e. The van der Waals surface area contributed by atoms with Crippen molar-refractivity contribution in [3.8, 4) is 0 Å². The van der Waals surface area contributed by atoms with Gasteiger partial charge in [0.2, 0.25) is 0 Å². The molecule has 0 radical (unpaired) electrons. The molecule has 364 valence electrons. The van der Waals surface area contributed by atoms with Crippen LogP contribution in [0.2, 0.25) is 0 Å². The molecule has 0 aromatic carbocycles. The summed E-state index contributed by atoms with van der Waals surface area (Å²) in [5.41, 5.74) is 11.6. The molecular weight excluding hydrogens is 836 g/mol. The van der Waals surface area contributed by atoms with Crippen molar-refractivity contribution in [2.24, 2.45) is 5.92 Å². The van der Waals surface area contributed by atoms with E-state index in [9.17, 15) is 24.8 Å². The molecule has 0 aliphatic carbocycles. The van der Waals surface area contributed by atoms with E-state index in [1.54, 1.807) is 6.08 Å².